The van der Waals surface area contributed by atoms with Crippen LogP contribution in [-0.2, 0) is 65.4 Å². The summed E-state index contributed by atoms with van der Waals surface area (Å²) < 4.78 is 68.5. The van der Waals surface area contributed by atoms with E-state index in [9.17, 15) is 43.2 Å². The van der Waals surface area contributed by atoms with Crippen molar-refractivity contribution < 1.29 is 80.2 Å². The summed E-state index contributed by atoms with van der Waals surface area (Å²) in [5, 5.41) is 10.6. The van der Waals surface area contributed by atoms with Crippen LogP contribution in [0.25, 0.3) is 0 Å². The molecule has 0 aliphatic heterocycles. The molecular formula is C81H144O17P2. The second-order valence-electron chi connectivity index (χ2n) is 26.6. The van der Waals surface area contributed by atoms with Gasteiger partial charge in [0.1, 0.15) is 19.3 Å². The number of phosphoric acid groups is 2. The van der Waals surface area contributed by atoms with Gasteiger partial charge in [-0.05, 0) is 103 Å². The van der Waals surface area contributed by atoms with E-state index < -0.39 is 97.5 Å². The van der Waals surface area contributed by atoms with Crippen molar-refractivity contribution in [2.75, 3.05) is 39.6 Å². The molecule has 3 N–H and O–H groups in total. The molecule has 5 atom stereocenters. The molecule has 0 saturated carbocycles. The summed E-state index contributed by atoms with van der Waals surface area (Å²) in [5.74, 6) is -2.18. The van der Waals surface area contributed by atoms with Crippen LogP contribution in [0.5, 0.6) is 0 Å². The Balaban J connectivity index is 5.26. The van der Waals surface area contributed by atoms with Gasteiger partial charge in [-0.15, -0.1) is 0 Å². The van der Waals surface area contributed by atoms with Crippen molar-refractivity contribution in [3.8, 4) is 0 Å². The SMILES string of the molecule is CC/C=C\C/C=C\C/C=C\C/C=C\CCCCCCCCC(=O)OCC(COP(=O)(O)OCC(O)COP(=O)(O)OCC(COC(=O)CCCCCCCC/C=C\C/C=C\C/C=C\CCCCC)OC(=O)CCCCCCCCCCCCC)OC(=O)CCCCCCCCCCCCC. The van der Waals surface area contributed by atoms with E-state index in [-0.39, 0.29) is 25.7 Å². The Morgan fingerprint density at radius 2 is 0.520 bits per heavy atom. The van der Waals surface area contributed by atoms with E-state index in [2.05, 4.69) is 113 Å². The van der Waals surface area contributed by atoms with Crippen LogP contribution in [0.1, 0.15) is 349 Å². The fourth-order valence-electron chi connectivity index (χ4n) is 10.8. The van der Waals surface area contributed by atoms with Crippen molar-refractivity contribution in [3.05, 3.63) is 85.1 Å². The van der Waals surface area contributed by atoms with Gasteiger partial charge in [-0.25, -0.2) is 9.13 Å². The van der Waals surface area contributed by atoms with Crippen LogP contribution in [-0.4, -0.2) is 96.7 Å². The zero-order valence-electron chi connectivity index (χ0n) is 63.4. The van der Waals surface area contributed by atoms with Gasteiger partial charge >= 0.3 is 39.5 Å². The molecule has 0 fully saturated rings. The van der Waals surface area contributed by atoms with Gasteiger partial charge in [0.05, 0.1) is 26.4 Å². The number of ether oxygens (including phenoxy) is 4. The number of rotatable bonds is 75. The van der Waals surface area contributed by atoms with E-state index in [1.165, 1.54) is 96.3 Å². The molecule has 0 aliphatic carbocycles. The number of hydrogen-bond donors (Lipinski definition) is 3. The number of phosphoric ester groups is 2. The highest BCUT2D eigenvalue weighted by atomic mass is 31.2. The molecule has 0 rings (SSSR count). The number of allylic oxidation sites excluding steroid dienone is 14. The summed E-state index contributed by atoms with van der Waals surface area (Å²) in [5.41, 5.74) is 0. The number of unbranched alkanes of at least 4 members (excludes halogenated alkanes) is 35. The van der Waals surface area contributed by atoms with E-state index in [1.807, 2.05) is 0 Å². The number of esters is 4. The van der Waals surface area contributed by atoms with Crippen LogP contribution >= 0.6 is 15.6 Å². The van der Waals surface area contributed by atoms with Gasteiger partial charge in [0.2, 0.25) is 0 Å². The van der Waals surface area contributed by atoms with Crippen LogP contribution in [0.2, 0.25) is 0 Å². The summed E-state index contributed by atoms with van der Waals surface area (Å²) in [4.78, 5) is 72.9. The zero-order chi connectivity index (χ0) is 73.2. The van der Waals surface area contributed by atoms with Gasteiger partial charge in [0.25, 0.3) is 0 Å². The molecule has 19 heteroatoms. The van der Waals surface area contributed by atoms with Gasteiger partial charge in [0.15, 0.2) is 12.2 Å². The molecule has 0 aromatic heterocycles. The second kappa shape index (κ2) is 73.5. The van der Waals surface area contributed by atoms with E-state index in [1.54, 1.807) is 0 Å². The molecule has 0 bridgehead atoms. The number of carbonyl (C=O) groups is 4. The van der Waals surface area contributed by atoms with Crippen molar-refractivity contribution in [3.63, 3.8) is 0 Å². The topological polar surface area (TPSA) is 237 Å². The lowest BCUT2D eigenvalue weighted by molar-refractivity contribution is -0.161. The number of aliphatic hydroxyl groups is 1. The molecule has 0 saturated heterocycles. The van der Waals surface area contributed by atoms with Crippen LogP contribution in [0, 0.1) is 0 Å². The van der Waals surface area contributed by atoms with Gasteiger partial charge in [-0.3, -0.25) is 37.3 Å². The van der Waals surface area contributed by atoms with Crippen molar-refractivity contribution in [1.82, 2.24) is 0 Å². The molecule has 100 heavy (non-hydrogen) atoms. The normalized spacial score (nSPS) is 14.3. The van der Waals surface area contributed by atoms with Gasteiger partial charge < -0.3 is 33.8 Å². The highest BCUT2D eigenvalue weighted by Crippen LogP contribution is 2.45. The van der Waals surface area contributed by atoms with E-state index >= 15 is 0 Å². The van der Waals surface area contributed by atoms with Crippen molar-refractivity contribution in [2.45, 2.75) is 367 Å². The molecule has 0 heterocycles. The highest BCUT2D eigenvalue weighted by molar-refractivity contribution is 7.47. The Morgan fingerprint density at radius 1 is 0.290 bits per heavy atom. The quantitative estimate of drug-likeness (QED) is 0.0169. The maximum atomic E-state index is 13.1. The van der Waals surface area contributed by atoms with Gasteiger partial charge in [-0.2, -0.15) is 0 Å². The minimum absolute atomic E-state index is 0.0954. The maximum Gasteiger partial charge on any atom is 0.472 e. The molecule has 17 nitrogen and oxygen atoms in total. The Bertz CT molecular complexity index is 2230. The van der Waals surface area contributed by atoms with E-state index in [0.717, 1.165) is 173 Å². The van der Waals surface area contributed by atoms with E-state index in [0.29, 0.717) is 25.7 Å². The molecular weight excluding hydrogens is 1310 g/mol. The third-order valence-electron chi connectivity index (χ3n) is 16.9. The van der Waals surface area contributed by atoms with Crippen LogP contribution < -0.4 is 0 Å². The molecule has 5 unspecified atom stereocenters. The molecule has 0 spiro atoms. The highest BCUT2D eigenvalue weighted by Gasteiger charge is 2.30. The van der Waals surface area contributed by atoms with Gasteiger partial charge in [0, 0.05) is 25.7 Å². The summed E-state index contributed by atoms with van der Waals surface area (Å²) in [6.07, 6.45) is 75.7. The summed E-state index contributed by atoms with van der Waals surface area (Å²) in [6.45, 7) is 4.74. The molecule has 0 aromatic carbocycles. The number of aliphatic hydroxyl groups excluding tert-OH is 1. The zero-order valence-corrected chi connectivity index (χ0v) is 65.2. The number of hydrogen-bond acceptors (Lipinski definition) is 15. The summed E-state index contributed by atoms with van der Waals surface area (Å²) in [7, 11) is -9.94. The van der Waals surface area contributed by atoms with Gasteiger partial charge in [-0.1, -0.05) is 305 Å². The standard InChI is InChI=1S/C81H144O17P2/c1-5-9-13-17-21-25-29-31-33-35-37-39-41-43-47-49-53-57-61-65-78(83)91-71-76(97-80(85)67-63-59-55-51-45-27-23-19-15-11-7-3)73-95-99(87,88)93-69-75(82)70-94-100(89,90)96-74-77(98-81(86)68-64-60-56-52-46-28-24-20-16-12-8-4)72-92-79(84)66-62-58-54-50-48-44-42-40-38-36-34-32-30-26-22-18-14-10-6-2/h9,13,21-22,25-26,31-34,37-40,75-77,82H,5-8,10-12,14-20,23-24,27-30,35-36,41-74H2,1-4H3,(H,87,88)(H,89,90)/b13-9-,25-21-,26-22-,33-31-,34-32-,39-37-,40-38-. The lowest BCUT2D eigenvalue weighted by atomic mass is 10.1. The van der Waals surface area contributed by atoms with Crippen molar-refractivity contribution in [1.29, 1.82) is 0 Å². The fraction of sp³-hybridized carbons (Fsp3) is 0.778. The molecule has 0 radical (unpaired) electrons. The van der Waals surface area contributed by atoms with Crippen LogP contribution in [0.3, 0.4) is 0 Å². The Hall–Kier alpha value is -3.76. The third-order valence-corrected chi connectivity index (χ3v) is 18.8. The smallest absolute Gasteiger partial charge is 0.462 e. The monoisotopic (exact) mass is 1450 g/mol. The Kier molecular flexibility index (Phi) is 70.8. The third kappa shape index (κ3) is 72.6. The first-order valence-corrected chi connectivity index (χ1v) is 42.8. The lowest BCUT2D eigenvalue weighted by Crippen LogP contribution is -2.30. The first-order chi connectivity index (χ1) is 48.7. The lowest BCUT2D eigenvalue weighted by Gasteiger charge is -2.21. The molecule has 0 aliphatic rings. The van der Waals surface area contributed by atoms with Crippen LogP contribution in [0.15, 0.2) is 85.1 Å². The molecule has 580 valence electrons. The van der Waals surface area contributed by atoms with Crippen LogP contribution in [0.4, 0.5) is 0 Å². The number of carbonyl (C=O) groups excluding carboxylic acids is 4. The van der Waals surface area contributed by atoms with Crippen molar-refractivity contribution >= 4 is 39.5 Å². The average Bonchev–Trinajstić information content (AvgIpc) is 0.953. The molecule has 0 aromatic rings. The minimum Gasteiger partial charge on any atom is -0.462 e. The largest absolute Gasteiger partial charge is 0.472 e. The minimum atomic E-state index is -4.97. The first-order valence-electron chi connectivity index (χ1n) is 39.8. The summed E-state index contributed by atoms with van der Waals surface area (Å²) in [6, 6.07) is 0. The second-order valence-corrected chi connectivity index (χ2v) is 29.5. The predicted octanol–water partition coefficient (Wildman–Crippen LogP) is 23.0. The first kappa shape index (κ1) is 96.2. The Morgan fingerprint density at radius 3 is 0.820 bits per heavy atom. The Labute approximate surface area is 608 Å². The molecule has 0 amide bonds. The fourth-order valence-corrected chi connectivity index (χ4v) is 12.4. The summed E-state index contributed by atoms with van der Waals surface area (Å²) >= 11 is 0. The van der Waals surface area contributed by atoms with E-state index in [4.69, 9.17) is 37.0 Å². The average molecular weight is 1450 g/mol. The maximum absolute atomic E-state index is 13.1. The predicted molar refractivity (Wildman–Crippen MR) is 409 cm³/mol. The van der Waals surface area contributed by atoms with Crippen molar-refractivity contribution in [2.24, 2.45) is 0 Å².